The molecule has 3 aromatic carbocycles. The minimum absolute atomic E-state index is 0.103. The monoisotopic (exact) mass is 612 g/mol. The molecule has 6 rings (SSSR count). The predicted molar refractivity (Wildman–Crippen MR) is 162 cm³/mol. The first-order valence-corrected chi connectivity index (χ1v) is 13.9. The molecule has 0 unspecified atom stereocenters. The average Bonchev–Trinajstić information content (AvgIpc) is 3.48. The van der Waals surface area contributed by atoms with Crippen LogP contribution in [0.4, 0.5) is 14.5 Å². The minimum Gasteiger partial charge on any atom is -0.493 e. The van der Waals surface area contributed by atoms with E-state index in [9.17, 15) is 14.0 Å². The van der Waals surface area contributed by atoms with Crippen molar-refractivity contribution in [2.75, 3.05) is 19.5 Å². The van der Waals surface area contributed by atoms with Crippen LogP contribution in [-0.4, -0.2) is 34.7 Å². The molecule has 6 aromatic rings. The molecule has 44 heavy (non-hydrogen) atoms. The maximum absolute atomic E-state index is 15.3. The van der Waals surface area contributed by atoms with Gasteiger partial charge in [-0.25, -0.2) is 18.7 Å². The van der Waals surface area contributed by atoms with E-state index in [1.165, 1.54) is 77.0 Å². The van der Waals surface area contributed by atoms with Crippen molar-refractivity contribution in [3.8, 4) is 39.9 Å². The number of aromatic nitrogens is 3. The van der Waals surface area contributed by atoms with Crippen LogP contribution >= 0.6 is 11.3 Å². The number of hydrogen-bond donors (Lipinski definition) is 1. The predicted octanol–water partition coefficient (Wildman–Crippen LogP) is 6.85. The minimum atomic E-state index is -0.769. The topological polar surface area (TPSA) is 105 Å². The maximum Gasteiger partial charge on any atom is 0.267 e. The number of anilines is 1. The van der Waals surface area contributed by atoms with Gasteiger partial charge in [-0.3, -0.25) is 14.2 Å². The standard InChI is InChI=1S/C32H22F2N4O5S/c1-41-26-11-5-18(14-27(26)42-2)23-16-44-31-28(23)30(35-17-36-31)43-25-12-8-20(15-24(25)34)37-29(39)22-4-3-13-38(32(22)40)21-9-6-19(33)7-10-21/h3-17H,1-2H3,(H,37,39). The van der Waals surface area contributed by atoms with Gasteiger partial charge in [-0.05, 0) is 66.2 Å². The van der Waals surface area contributed by atoms with Gasteiger partial charge in [-0.1, -0.05) is 6.07 Å². The van der Waals surface area contributed by atoms with E-state index >= 15 is 4.39 Å². The quantitative estimate of drug-likeness (QED) is 0.201. The number of amides is 1. The molecule has 0 aliphatic heterocycles. The van der Waals surface area contributed by atoms with Crippen molar-refractivity contribution in [1.29, 1.82) is 0 Å². The van der Waals surface area contributed by atoms with E-state index in [0.717, 1.165) is 17.2 Å². The lowest BCUT2D eigenvalue weighted by Crippen LogP contribution is -2.27. The highest BCUT2D eigenvalue weighted by Gasteiger charge is 2.19. The Kier molecular flexibility index (Phi) is 7.73. The molecule has 220 valence electrons. The summed E-state index contributed by atoms with van der Waals surface area (Å²) in [6, 6.07) is 17.5. The van der Waals surface area contributed by atoms with Crippen molar-refractivity contribution < 1.29 is 27.8 Å². The maximum atomic E-state index is 15.3. The van der Waals surface area contributed by atoms with Crippen molar-refractivity contribution in [3.05, 3.63) is 118 Å². The van der Waals surface area contributed by atoms with Crippen molar-refractivity contribution in [3.63, 3.8) is 0 Å². The van der Waals surface area contributed by atoms with Crippen LogP contribution in [0.25, 0.3) is 27.0 Å². The number of hydrogen-bond acceptors (Lipinski definition) is 8. The zero-order chi connectivity index (χ0) is 30.8. The number of fused-ring (bicyclic) bond motifs is 1. The molecule has 0 saturated heterocycles. The second-order valence-electron chi connectivity index (χ2n) is 9.35. The van der Waals surface area contributed by atoms with Crippen LogP contribution in [-0.2, 0) is 0 Å². The van der Waals surface area contributed by atoms with Gasteiger partial charge in [0.15, 0.2) is 23.1 Å². The van der Waals surface area contributed by atoms with Gasteiger partial charge in [0.25, 0.3) is 11.5 Å². The summed E-state index contributed by atoms with van der Waals surface area (Å²) in [5, 5.41) is 5.03. The Bertz CT molecular complexity index is 2080. The number of nitrogens with one attached hydrogen (secondary N) is 1. The number of ether oxygens (including phenoxy) is 3. The highest BCUT2D eigenvalue weighted by Crippen LogP contribution is 2.41. The van der Waals surface area contributed by atoms with E-state index in [2.05, 4.69) is 15.3 Å². The Hall–Kier alpha value is -5.62. The van der Waals surface area contributed by atoms with Gasteiger partial charge in [-0.15, -0.1) is 11.3 Å². The van der Waals surface area contributed by atoms with E-state index in [1.807, 2.05) is 17.5 Å². The molecule has 0 aliphatic rings. The highest BCUT2D eigenvalue weighted by atomic mass is 32.1. The normalized spacial score (nSPS) is 10.9. The van der Waals surface area contributed by atoms with Crippen molar-refractivity contribution in [1.82, 2.24) is 14.5 Å². The molecule has 12 heteroatoms. The Labute approximate surface area is 252 Å². The number of nitrogens with zero attached hydrogens (tertiary/aromatic N) is 3. The Morgan fingerprint density at radius 2 is 1.68 bits per heavy atom. The van der Waals surface area contributed by atoms with Crippen LogP contribution in [0.5, 0.6) is 23.1 Å². The summed E-state index contributed by atoms with van der Waals surface area (Å²) in [6.45, 7) is 0. The Balaban J connectivity index is 1.26. The van der Waals surface area contributed by atoms with E-state index in [-0.39, 0.29) is 22.9 Å². The molecule has 0 spiro atoms. The highest BCUT2D eigenvalue weighted by molar-refractivity contribution is 7.17. The van der Waals surface area contributed by atoms with E-state index in [1.54, 1.807) is 20.3 Å². The van der Waals surface area contributed by atoms with Crippen LogP contribution < -0.4 is 25.1 Å². The van der Waals surface area contributed by atoms with Crippen LogP contribution in [0, 0.1) is 11.6 Å². The average molecular weight is 613 g/mol. The zero-order valence-corrected chi connectivity index (χ0v) is 24.0. The number of thiophene rings is 1. The first-order chi connectivity index (χ1) is 21.4. The summed E-state index contributed by atoms with van der Waals surface area (Å²) in [7, 11) is 3.10. The molecule has 0 saturated carbocycles. The lowest BCUT2D eigenvalue weighted by Gasteiger charge is -2.12. The molecule has 0 fully saturated rings. The lowest BCUT2D eigenvalue weighted by molar-refractivity contribution is 0.102. The molecule has 3 heterocycles. The van der Waals surface area contributed by atoms with Gasteiger partial charge in [-0.2, -0.15) is 0 Å². The molecular weight excluding hydrogens is 590 g/mol. The number of halogens is 2. The summed E-state index contributed by atoms with van der Waals surface area (Å²) in [6.07, 6.45) is 2.80. The smallest absolute Gasteiger partial charge is 0.267 e. The van der Waals surface area contributed by atoms with Gasteiger partial charge in [0.05, 0.1) is 19.6 Å². The third kappa shape index (κ3) is 5.45. The third-order valence-electron chi connectivity index (χ3n) is 6.72. The first-order valence-electron chi connectivity index (χ1n) is 13.1. The summed E-state index contributed by atoms with van der Waals surface area (Å²) in [4.78, 5) is 35.2. The fraction of sp³-hybridized carbons (Fsp3) is 0.0625. The molecule has 0 aliphatic carbocycles. The second-order valence-corrected chi connectivity index (χ2v) is 10.2. The van der Waals surface area contributed by atoms with Crippen LogP contribution in [0.3, 0.4) is 0 Å². The Morgan fingerprint density at radius 1 is 0.909 bits per heavy atom. The number of methoxy groups -OCH3 is 2. The van der Waals surface area contributed by atoms with Crippen LogP contribution in [0.15, 0.2) is 95.5 Å². The van der Waals surface area contributed by atoms with Crippen molar-refractivity contribution >= 4 is 33.1 Å². The van der Waals surface area contributed by atoms with Gasteiger partial charge < -0.3 is 19.5 Å². The summed E-state index contributed by atoms with van der Waals surface area (Å²) in [5.74, 6) is -0.846. The molecule has 3 aromatic heterocycles. The molecular formula is C32H22F2N4O5S. The number of pyridine rings is 1. The van der Waals surface area contributed by atoms with Gasteiger partial charge in [0.2, 0.25) is 5.88 Å². The van der Waals surface area contributed by atoms with Crippen LogP contribution in [0.1, 0.15) is 10.4 Å². The summed E-state index contributed by atoms with van der Waals surface area (Å²) < 4.78 is 46.5. The molecule has 0 bridgehead atoms. The summed E-state index contributed by atoms with van der Waals surface area (Å²) >= 11 is 1.38. The number of carbonyl (C=O) groups excluding carboxylic acids is 1. The van der Waals surface area contributed by atoms with Gasteiger partial charge >= 0.3 is 0 Å². The lowest BCUT2D eigenvalue weighted by atomic mass is 10.1. The third-order valence-corrected chi connectivity index (χ3v) is 7.61. The van der Waals surface area contributed by atoms with Crippen molar-refractivity contribution in [2.24, 2.45) is 0 Å². The molecule has 0 radical (unpaired) electrons. The fourth-order valence-electron chi connectivity index (χ4n) is 4.58. The molecule has 1 amide bonds. The Morgan fingerprint density at radius 3 is 2.43 bits per heavy atom. The van der Waals surface area contributed by atoms with Gasteiger partial charge in [0.1, 0.15) is 22.5 Å². The number of rotatable bonds is 8. The number of carbonyl (C=O) groups is 1. The zero-order valence-electron chi connectivity index (χ0n) is 23.2. The largest absolute Gasteiger partial charge is 0.493 e. The van der Waals surface area contributed by atoms with E-state index < -0.39 is 23.1 Å². The molecule has 9 nitrogen and oxygen atoms in total. The summed E-state index contributed by atoms with van der Waals surface area (Å²) in [5.41, 5.74) is 1.25. The molecule has 1 N–H and O–H groups in total. The first kappa shape index (κ1) is 28.5. The fourth-order valence-corrected chi connectivity index (χ4v) is 5.48. The van der Waals surface area contributed by atoms with Gasteiger partial charge in [0, 0.05) is 34.6 Å². The second kappa shape index (κ2) is 11.9. The SMILES string of the molecule is COc1ccc(-c2csc3ncnc(Oc4ccc(NC(=O)c5cccn(-c6ccc(F)cc6)c5=O)cc4F)c23)cc1OC. The molecule has 0 atom stereocenters. The van der Waals surface area contributed by atoms with Crippen LogP contribution in [0.2, 0.25) is 0 Å². The number of benzene rings is 3. The van der Waals surface area contributed by atoms with Crippen molar-refractivity contribution in [2.45, 2.75) is 0 Å². The van der Waals surface area contributed by atoms with E-state index in [4.69, 9.17) is 14.2 Å². The van der Waals surface area contributed by atoms with E-state index in [0.29, 0.717) is 27.4 Å².